The maximum absolute atomic E-state index is 11.7. The molecule has 1 rings (SSSR count). The van der Waals surface area contributed by atoms with E-state index in [2.05, 4.69) is 19.1 Å². The molecule has 0 spiro atoms. The predicted molar refractivity (Wildman–Crippen MR) is 118 cm³/mol. The Morgan fingerprint density at radius 1 is 0.967 bits per heavy atom. The summed E-state index contributed by atoms with van der Waals surface area (Å²) in [5.74, 6) is -0.347. The summed E-state index contributed by atoms with van der Waals surface area (Å²) in [5, 5.41) is 29.0. The zero-order valence-electron chi connectivity index (χ0n) is 18.8. The lowest BCUT2D eigenvalue weighted by atomic mass is 10.1. The van der Waals surface area contributed by atoms with E-state index in [1.54, 1.807) is 0 Å². The van der Waals surface area contributed by atoms with Gasteiger partial charge in [0.15, 0.2) is 0 Å². The first-order valence-electron chi connectivity index (χ1n) is 12.0. The average molecular weight is 429 g/mol. The Morgan fingerprint density at radius 3 is 2.10 bits per heavy atom. The molecule has 3 N–H and O–H groups in total. The number of ether oxygens (including phenoxy) is 2. The number of hydrogen-bond acceptors (Lipinski definition) is 6. The number of hydrogen-bond donors (Lipinski definition) is 3. The Balaban J connectivity index is 1.87. The van der Waals surface area contributed by atoms with Gasteiger partial charge in [-0.05, 0) is 32.1 Å². The minimum Gasteiger partial charge on any atom is -0.463 e. The van der Waals surface area contributed by atoms with Crippen LogP contribution < -0.4 is 0 Å². The molecule has 4 atom stereocenters. The first kappa shape index (κ1) is 27.1. The van der Waals surface area contributed by atoms with Gasteiger partial charge in [0.2, 0.25) is 0 Å². The van der Waals surface area contributed by atoms with Crippen LogP contribution in [-0.2, 0) is 14.3 Å². The van der Waals surface area contributed by atoms with Crippen molar-refractivity contribution in [3.63, 3.8) is 0 Å². The van der Waals surface area contributed by atoms with Crippen LogP contribution in [0.25, 0.3) is 0 Å². The Bertz CT molecular complexity index is 453. The highest BCUT2D eigenvalue weighted by molar-refractivity contribution is 5.69. The Labute approximate surface area is 182 Å². The van der Waals surface area contributed by atoms with Crippen molar-refractivity contribution in [3.05, 3.63) is 12.2 Å². The molecule has 6 nitrogen and oxygen atoms in total. The minimum absolute atomic E-state index is 0.0221. The van der Waals surface area contributed by atoms with Crippen LogP contribution in [0.5, 0.6) is 0 Å². The van der Waals surface area contributed by atoms with Crippen molar-refractivity contribution < 1.29 is 29.6 Å². The van der Waals surface area contributed by atoms with Crippen molar-refractivity contribution >= 4 is 5.97 Å². The summed E-state index contributed by atoms with van der Waals surface area (Å²) in [6.07, 6.45) is 16.5. The van der Waals surface area contributed by atoms with Gasteiger partial charge in [0.25, 0.3) is 0 Å². The van der Waals surface area contributed by atoms with E-state index in [0.29, 0.717) is 6.42 Å². The number of allylic oxidation sites excluding steroid dienone is 2. The van der Waals surface area contributed by atoms with Crippen molar-refractivity contribution in [2.75, 3.05) is 13.2 Å². The second kappa shape index (κ2) is 17.7. The van der Waals surface area contributed by atoms with Gasteiger partial charge in [0.05, 0.1) is 6.61 Å². The second-order valence-electron chi connectivity index (χ2n) is 8.44. The molecule has 0 bridgehead atoms. The summed E-state index contributed by atoms with van der Waals surface area (Å²) >= 11 is 0. The van der Waals surface area contributed by atoms with Crippen molar-refractivity contribution in [2.24, 2.45) is 0 Å². The van der Waals surface area contributed by atoms with Gasteiger partial charge in [-0.15, -0.1) is 0 Å². The van der Waals surface area contributed by atoms with Crippen molar-refractivity contribution in [2.45, 2.75) is 121 Å². The van der Waals surface area contributed by atoms with Crippen LogP contribution in [0.15, 0.2) is 12.2 Å². The number of esters is 1. The molecule has 1 aliphatic heterocycles. The van der Waals surface area contributed by atoms with E-state index >= 15 is 0 Å². The lowest BCUT2D eigenvalue weighted by molar-refractivity contribution is -0.151. The summed E-state index contributed by atoms with van der Waals surface area (Å²) in [6, 6.07) is 0. The fourth-order valence-corrected chi connectivity index (χ4v) is 3.65. The van der Waals surface area contributed by atoms with E-state index in [-0.39, 0.29) is 19.2 Å². The molecule has 0 radical (unpaired) electrons. The number of rotatable bonds is 18. The van der Waals surface area contributed by atoms with E-state index in [0.717, 1.165) is 25.7 Å². The summed E-state index contributed by atoms with van der Waals surface area (Å²) in [6.45, 7) is 2.00. The van der Waals surface area contributed by atoms with Gasteiger partial charge >= 0.3 is 5.97 Å². The van der Waals surface area contributed by atoms with E-state index < -0.39 is 24.4 Å². The zero-order valence-corrected chi connectivity index (χ0v) is 18.8. The van der Waals surface area contributed by atoms with Crippen LogP contribution >= 0.6 is 0 Å². The normalized spacial score (nSPS) is 22.6. The Hall–Kier alpha value is -0.950. The first-order valence-corrected chi connectivity index (χ1v) is 12.0. The first-order chi connectivity index (χ1) is 14.6. The molecule has 1 saturated heterocycles. The Morgan fingerprint density at radius 2 is 1.53 bits per heavy atom. The van der Waals surface area contributed by atoms with Crippen molar-refractivity contribution in [3.8, 4) is 0 Å². The van der Waals surface area contributed by atoms with Crippen LogP contribution in [-0.4, -0.2) is 58.9 Å². The fourth-order valence-electron chi connectivity index (χ4n) is 3.65. The third-order valence-corrected chi connectivity index (χ3v) is 5.63. The van der Waals surface area contributed by atoms with Gasteiger partial charge in [-0.1, -0.05) is 70.4 Å². The van der Waals surface area contributed by atoms with Gasteiger partial charge in [-0.3, -0.25) is 4.79 Å². The highest BCUT2D eigenvalue weighted by Gasteiger charge is 2.39. The molecule has 0 saturated carbocycles. The van der Waals surface area contributed by atoms with Crippen molar-refractivity contribution in [1.82, 2.24) is 0 Å². The quantitative estimate of drug-likeness (QED) is 0.173. The molecule has 0 amide bonds. The number of carbonyl (C=O) groups is 1. The summed E-state index contributed by atoms with van der Waals surface area (Å²) in [5.41, 5.74) is 0. The molecule has 176 valence electrons. The SMILES string of the molecule is CCCCCCCC/C=C/CCCCCCCC(=O)OCC(O)[C@H]1OC[C@H](O)[C@H]1O. The Kier molecular flexibility index (Phi) is 16.0. The highest BCUT2D eigenvalue weighted by Crippen LogP contribution is 2.18. The third-order valence-electron chi connectivity index (χ3n) is 5.63. The maximum Gasteiger partial charge on any atom is 0.305 e. The van der Waals surface area contributed by atoms with Crippen LogP contribution in [0.3, 0.4) is 0 Å². The zero-order chi connectivity index (χ0) is 22.0. The molecular formula is C24H44O6. The van der Waals surface area contributed by atoms with Gasteiger partial charge < -0.3 is 24.8 Å². The van der Waals surface area contributed by atoms with E-state index in [1.165, 1.54) is 57.8 Å². The van der Waals surface area contributed by atoms with Gasteiger partial charge in [0.1, 0.15) is 31.0 Å². The maximum atomic E-state index is 11.7. The fraction of sp³-hybridized carbons (Fsp3) is 0.875. The predicted octanol–water partition coefficient (Wildman–Crippen LogP) is 4.05. The molecule has 1 heterocycles. The molecule has 0 aromatic carbocycles. The molecular weight excluding hydrogens is 384 g/mol. The summed E-state index contributed by atoms with van der Waals surface area (Å²) in [7, 11) is 0. The van der Waals surface area contributed by atoms with Gasteiger partial charge in [-0.2, -0.15) is 0 Å². The molecule has 1 unspecified atom stereocenters. The van der Waals surface area contributed by atoms with E-state index in [9.17, 15) is 20.1 Å². The topological polar surface area (TPSA) is 96.2 Å². The molecule has 0 aromatic rings. The van der Waals surface area contributed by atoms with Crippen LogP contribution in [0, 0.1) is 0 Å². The van der Waals surface area contributed by atoms with Crippen molar-refractivity contribution in [1.29, 1.82) is 0 Å². The molecule has 1 aliphatic rings. The molecule has 30 heavy (non-hydrogen) atoms. The minimum atomic E-state index is -1.15. The third kappa shape index (κ3) is 12.7. The monoisotopic (exact) mass is 428 g/mol. The van der Waals surface area contributed by atoms with Gasteiger partial charge in [-0.25, -0.2) is 0 Å². The van der Waals surface area contributed by atoms with Crippen LogP contribution in [0.2, 0.25) is 0 Å². The standard InChI is InChI=1S/C24H44O6/c1-2-3-4-5-6-7-8-9-10-11-12-13-14-15-16-17-22(27)29-19-21(26)24-23(28)20(25)18-30-24/h9-10,20-21,23-26,28H,2-8,11-19H2,1H3/b10-9+/t20-,21?,23+,24+/m0/s1. The van der Waals surface area contributed by atoms with Crippen LogP contribution in [0.1, 0.15) is 96.8 Å². The molecule has 6 heteroatoms. The van der Waals surface area contributed by atoms with E-state index in [4.69, 9.17) is 9.47 Å². The molecule has 0 aromatic heterocycles. The number of aliphatic hydroxyl groups is 3. The largest absolute Gasteiger partial charge is 0.463 e. The smallest absolute Gasteiger partial charge is 0.305 e. The van der Waals surface area contributed by atoms with Gasteiger partial charge in [0, 0.05) is 6.42 Å². The average Bonchev–Trinajstić information content (AvgIpc) is 3.07. The summed E-state index contributed by atoms with van der Waals surface area (Å²) < 4.78 is 10.2. The van der Waals surface area contributed by atoms with Crippen LogP contribution in [0.4, 0.5) is 0 Å². The number of aliphatic hydroxyl groups excluding tert-OH is 3. The highest BCUT2D eigenvalue weighted by atomic mass is 16.6. The molecule has 0 aliphatic carbocycles. The molecule has 1 fully saturated rings. The lowest BCUT2D eigenvalue weighted by Gasteiger charge is -2.20. The lowest BCUT2D eigenvalue weighted by Crippen LogP contribution is -2.41. The number of unbranched alkanes of at least 4 members (excludes halogenated alkanes) is 11. The number of carbonyl (C=O) groups excluding carboxylic acids is 1. The summed E-state index contributed by atoms with van der Waals surface area (Å²) in [4.78, 5) is 11.7. The second-order valence-corrected chi connectivity index (χ2v) is 8.44. The van der Waals surface area contributed by atoms with E-state index in [1.807, 2.05) is 0 Å².